The van der Waals surface area contributed by atoms with Gasteiger partial charge in [0, 0.05) is 18.9 Å². The Morgan fingerprint density at radius 2 is 1.83 bits per heavy atom. The van der Waals surface area contributed by atoms with Gasteiger partial charge in [-0.15, -0.1) is 0 Å². The van der Waals surface area contributed by atoms with Crippen LogP contribution in [0, 0.1) is 23.2 Å². The molecule has 3 aliphatic rings. The van der Waals surface area contributed by atoms with Crippen LogP contribution in [-0.4, -0.2) is 50.3 Å². The van der Waals surface area contributed by atoms with E-state index in [0.29, 0.717) is 5.57 Å². The molecular formula is C22H22O8. The minimum absolute atomic E-state index is 0.153. The molecule has 1 aromatic carbocycles. The van der Waals surface area contributed by atoms with Crippen molar-refractivity contribution >= 4 is 23.7 Å². The van der Waals surface area contributed by atoms with Crippen molar-refractivity contribution in [2.75, 3.05) is 14.2 Å². The van der Waals surface area contributed by atoms with Gasteiger partial charge < -0.3 is 18.9 Å². The summed E-state index contributed by atoms with van der Waals surface area (Å²) in [5.41, 5.74) is -0.518. The minimum Gasteiger partial charge on any atom is -0.469 e. The standard InChI is InChI=1S/C22H22O8/c1-11-10-22-14(16(11)23)9-13(19(25)27-2)15(22)21(28-3)30-20(26)17(22)29-18(24)12-7-5-4-6-8-12/h4-8,10,13-15,17,21H,9H2,1-3H3/t13-,14-,15-,17-,21+,22-/m1/s1. The summed E-state index contributed by atoms with van der Waals surface area (Å²) in [7, 11) is 2.62. The first-order chi connectivity index (χ1) is 14.3. The van der Waals surface area contributed by atoms with Gasteiger partial charge in [-0.05, 0) is 31.1 Å². The maximum Gasteiger partial charge on any atom is 0.350 e. The highest BCUT2D eigenvalue weighted by Crippen LogP contribution is 2.63. The Balaban J connectivity index is 1.81. The van der Waals surface area contributed by atoms with E-state index in [1.165, 1.54) is 14.2 Å². The number of ketones is 1. The highest BCUT2D eigenvalue weighted by Gasteiger charge is 2.72. The van der Waals surface area contributed by atoms with Crippen LogP contribution in [-0.2, 0) is 33.3 Å². The Kier molecular flexibility index (Phi) is 4.97. The van der Waals surface area contributed by atoms with Gasteiger partial charge in [-0.1, -0.05) is 24.3 Å². The molecule has 0 amide bonds. The first-order valence-electron chi connectivity index (χ1n) is 9.66. The molecule has 1 aliphatic heterocycles. The van der Waals surface area contributed by atoms with E-state index in [1.54, 1.807) is 43.3 Å². The molecule has 2 fully saturated rings. The van der Waals surface area contributed by atoms with Crippen molar-refractivity contribution in [2.45, 2.75) is 25.7 Å². The predicted octanol–water partition coefficient (Wildman–Crippen LogP) is 1.68. The van der Waals surface area contributed by atoms with Crippen LogP contribution in [0.15, 0.2) is 42.0 Å². The van der Waals surface area contributed by atoms with E-state index in [2.05, 4.69) is 0 Å². The van der Waals surface area contributed by atoms with E-state index in [9.17, 15) is 19.2 Å². The van der Waals surface area contributed by atoms with E-state index >= 15 is 0 Å². The van der Waals surface area contributed by atoms with Crippen molar-refractivity contribution in [1.29, 1.82) is 0 Å². The third-order valence-corrected chi connectivity index (χ3v) is 6.44. The number of rotatable bonds is 4. The number of benzene rings is 1. The van der Waals surface area contributed by atoms with Crippen LogP contribution in [0.2, 0.25) is 0 Å². The zero-order chi connectivity index (χ0) is 21.6. The van der Waals surface area contributed by atoms with Gasteiger partial charge in [-0.2, -0.15) is 0 Å². The summed E-state index contributed by atoms with van der Waals surface area (Å²) in [4.78, 5) is 51.2. The maximum absolute atomic E-state index is 12.9. The molecule has 1 aromatic rings. The van der Waals surface area contributed by atoms with Crippen LogP contribution < -0.4 is 0 Å². The van der Waals surface area contributed by atoms with Crippen molar-refractivity contribution < 1.29 is 38.1 Å². The molecule has 0 radical (unpaired) electrons. The lowest BCUT2D eigenvalue weighted by molar-refractivity contribution is -0.239. The molecular weight excluding hydrogens is 392 g/mol. The highest BCUT2D eigenvalue weighted by atomic mass is 16.7. The molecule has 2 aliphatic carbocycles. The number of carbonyl (C=O) groups excluding carboxylic acids is 4. The van der Waals surface area contributed by atoms with Gasteiger partial charge in [0.05, 0.1) is 24.0 Å². The molecule has 8 nitrogen and oxygen atoms in total. The Bertz CT molecular complexity index is 936. The fourth-order valence-electron chi connectivity index (χ4n) is 5.24. The van der Waals surface area contributed by atoms with Gasteiger partial charge in [0.2, 0.25) is 12.4 Å². The van der Waals surface area contributed by atoms with E-state index in [-0.39, 0.29) is 17.8 Å². The molecule has 1 spiro atoms. The Hall–Kier alpha value is -3.00. The van der Waals surface area contributed by atoms with Crippen molar-refractivity contribution in [2.24, 2.45) is 23.2 Å². The largest absolute Gasteiger partial charge is 0.469 e. The van der Waals surface area contributed by atoms with Crippen molar-refractivity contribution in [1.82, 2.24) is 0 Å². The normalized spacial score (nSPS) is 34.5. The molecule has 158 valence electrons. The zero-order valence-corrected chi connectivity index (χ0v) is 16.8. The maximum atomic E-state index is 12.9. The van der Waals surface area contributed by atoms with Crippen LogP contribution in [0.1, 0.15) is 23.7 Å². The summed E-state index contributed by atoms with van der Waals surface area (Å²) in [6.45, 7) is 1.65. The van der Waals surface area contributed by atoms with Gasteiger partial charge in [0.25, 0.3) is 0 Å². The van der Waals surface area contributed by atoms with E-state index in [0.717, 1.165) is 0 Å². The van der Waals surface area contributed by atoms with Crippen molar-refractivity contribution in [3.05, 3.63) is 47.5 Å². The quantitative estimate of drug-likeness (QED) is 0.541. The molecule has 30 heavy (non-hydrogen) atoms. The zero-order valence-electron chi connectivity index (χ0n) is 16.8. The first-order valence-corrected chi connectivity index (χ1v) is 9.66. The molecule has 0 N–H and O–H groups in total. The van der Waals surface area contributed by atoms with Crippen LogP contribution in [0.4, 0.5) is 0 Å². The molecule has 0 unspecified atom stereocenters. The summed E-state index contributed by atoms with van der Waals surface area (Å²) in [5, 5.41) is 0. The number of hydrogen-bond donors (Lipinski definition) is 0. The van der Waals surface area contributed by atoms with Crippen molar-refractivity contribution in [3.63, 3.8) is 0 Å². The molecule has 1 heterocycles. The number of ether oxygens (including phenoxy) is 4. The fourth-order valence-corrected chi connectivity index (χ4v) is 5.24. The summed E-state index contributed by atoms with van der Waals surface area (Å²) < 4.78 is 21.4. The third kappa shape index (κ3) is 2.78. The minimum atomic E-state index is -1.39. The molecule has 0 bridgehead atoms. The second-order valence-corrected chi connectivity index (χ2v) is 7.83. The van der Waals surface area contributed by atoms with Crippen molar-refractivity contribution in [3.8, 4) is 0 Å². The number of Topliss-reactive ketones (excluding diaryl/α,β-unsaturated/α-hetero) is 1. The Labute approximate surface area is 173 Å². The van der Waals surface area contributed by atoms with Gasteiger partial charge in [0.15, 0.2) is 5.78 Å². The number of allylic oxidation sites excluding steroid dienone is 1. The molecule has 4 rings (SSSR count). The molecule has 8 heteroatoms. The molecule has 1 saturated heterocycles. The molecule has 1 saturated carbocycles. The van der Waals surface area contributed by atoms with E-state index < -0.39 is 53.5 Å². The summed E-state index contributed by atoms with van der Waals surface area (Å²) in [6.07, 6.45) is -0.654. The average Bonchev–Trinajstić information content (AvgIpc) is 3.21. The van der Waals surface area contributed by atoms with E-state index in [1.807, 2.05) is 0 Å². The average molecular weight is 414 g/mol. The second-order valence-electron chi connectivity index (χ2n) is 7.83. The predicted molar refractivity (Wildman–Crippen MR) is 101 cm³/mol. The van der Waals surface area contributed by atoms with Gasteiger partial charge in [-0.25, -0.2) is 9.59 Å². The number of cyclic esters (lactones) is 1. The summed E-state index contributed by atoms with van der Waals surface area (Å²) in [6, 6.07) is 8.22. The number of carbonyl (C=O) groups is 4. The van der Waals surface area contributed by atoms with Gasteiger partial charge in [0.1, 0.15) is 0 Å². The SMILES string of the molecule is COC(=O)[C@@H]1C[C@@H]2C(=O)C(C)=C[C@]23[C@H]1[C@@H](OC)OC(=O)[C@H]3OC(=O)c1ccccc1. The number of esters is 3. The summed E-state index contributed by atoms with van der Waals surface area (Å²) >= 11 is 0. The van der Waals surface area contributed by atoms with Gasteiger partial charge >= 0.3 is 17.9 Å². The lowest BCUT2D eigenvalue weighted by Crippen LogP contribution is -2.59. The van der Waals surface area contributed by atoms with Gasteiger partial charge in [-0.3, -0.25) is 9.59 Å². The fraction of sp³-hybridized carbons (Fsp3) is 0.455. The van der Waals surface area contributed by atoms with Crippen LogP contribution in [0.5, 0.6) is 0 Å². The number of hydrogen-bond acceptors (Lipinski definition) is 8. The van der Waals surface area contributed by atoms with Crippen LogP contribution in [0.25, 0.3) is 0 Å². The summed E-state index contributed by atoms with van der Waals surface area (Å²) in [5.74, 6) is -4.43. The molecule has 0 aromatic heterocycles. The van der Waals surface area contributed by atoms with Crippen LogP contribution in [0.3, 0.4) is 0 Å². The van der Waals surface area contributed by atoms with Crippen LogP contribution >= 0.6 is 0 Å². The molecule has 6 atom stereocenters. The lowest BCUT2D eigenvalue weighted by atomic mass is 9.66. The Morgan fingerprint density at radius 1 is 1.13 bits per heavy atom. The van der Waals surface area contributed by atoms with E-state index in [4.69, 9.17) is 18.9 Å². The monoisotopic (exact) mass is 414 g/mol. The Morgan fingerprint density at radius 3 is 2.47 bits per heavy atom. The lowest BCUT2D eigenvalue weighted by Gasteiger charge is -2.46. The number of methoxy groups -OCH3 is 2. The topological polar surface area (TPSA) is 105 Å². The second kappa shape index (κ2) is 7.36. The smallest absolute Gasteiger partial charge is 0.350 e. The third-order valence-electron chi connectivity index (χ3n) is 6.44. The first kappa shape index (κ1) is 20.3. The highest BCUT2D eigenvalue weighted by molar-refractivity contribution is 6.03.